The molecule has 0 fully saturated rings. The van der Waals surface area contributed by atoms with Gasteiger partial charge in [-0.1, -0.05) is 0 Å². The van der Waals surface area contributed by atoms with Crippen LogP contribution in [0.2, 0.25) is 0 Å². The van der Waals surface area contributed by atoms with Crippen molar-refractivity contribution in [2.24, 2.45) is 0 Å². The number of nitrogens with zero attached hydrogens (tertiary/aromatic N) is 2. The fourth-order valence-corrected chi connectivity index (χ4v) is 1.44. The highest BCUT2D eigenvalue weighted by Crippen LogP contribution is 2.20. The van der Waals surface area contributed by atoms with Gasteiger partial charge in [-0.15, -0.1) is 10.2 Å². The molecule has 0 aliphatic carbocycles. The lowest BCUT2D eigenvalue weighted by atomic mass is 10.2. The van der Waals surface area contributed by atoms with E-state index in [1.807, 2.05) is 36.4 Å². The highest BCUT2D eigenvalue weighted by Gasteiger charge is 2.06. The largest absolute Gasteiger partial charge is 0.463 e. The predicted molar refractivity (Wildman–Crippen MR) is 57.4 cm³/mol. The van der Waals surface area contributed by atoms with Gasteiger partial charge in [-0.2, -0.15) is 0 Å². The van der Waals surface area contributed by atoms with Gasteiger partial charge in [0.1, 0.15) is 11.4 Å². The maximum absolute atomic E-state index is 5.22. The molecular formula is C12H8N2O2. The van der Waals surface area contributed by atoms with E-state index in [0.717, 1.165) is 0 Å². The van der Waals surface area contributed by atoms with E-state index in [1.165, 1.54) is 0 Å². The van der Waals surface area contributed by atoms with E-state index >= 15 is 0 Å². The van der Waals surface area contributed by atoms with Crippen LogP contribution in [-0.4, -0.2) is 10.2 Å². The molecule has 4 nitrogen and oxygen atoms in total. The van der Waals surface area contributed by atoms with Gasteiger partial charge in [0.25, 0.3) is 0 Å². The van der Waals surface area contributed by atoms with E-state index in [0.29, 0.717) is 22.9 Å². The molecule has 3 heterocycles. The van der Waals surface area contributed by atoms with Crippen LogP contribution in [0, 0.1) is 0 Å². The molecule has 3 rings (SSSR count). The Kier molecular flexibility index (Phi) is 2.04. The van der Waals surface area contributed by atoms with Gasteiger partial charge in [0, 0.05) is 0 Å². The average molecular weight is 212 g/mol. The molecule has 0 amide bonds. The first kappa shape index (κ1) is 8.91. The molecule has 0 saturated carbocycles. The van der Waals surface area contributed by atoms with Crippen LogP contribution in [0.25, 0.3) is 22.9 Å². The van der Waals surface area contributed by atoms with Crippen LogP contribution in [-0.2, 0) is 0 Å². The van der Waals surface area contributed by atoms with E-state index < -0.39 is 0 Å². The van der Waals surface area contributed by atoms with Gasteiger partial charge in [-0.05, 0) is 36.4 Å². The third kappa shape index (κ3) is 1.50. The van der Waals surface area contributed by atoms with Crippen LogP contribution in [0.15, 0.2) is 57.8 Å². The predicted octanol–water partition coefficient (Wildman–Crippen LogP) is 3.00. The van der Waals surface area contributed by atoms with Gasteiger partial charge >= 0.3 is 0 Å². The standard InChI is InChI=1S/C12H8N2O2/c1-3-11(15-7-1)9-5-6-10(14-13-9)12-4-2-8-16-12/h1-8H. The maximum Gasteiger partial charge on any atom is 0.154 e. The van der Waals surface area contributed by atoms with Crippen LogP contribution in [0.1, 0.15) is 0 Å². The quantitative estimate of drug-likeness (QED) is 0.655. The summed E-state index contributed by atoms with van der Waals surface area (Å²) in [7, 11) is 0. The topological polar surface area (TPSA) is 52.1 Å². The molecule has 16 heavy (non-hydrogen) atoms. The van der Waals surface area contributed by atoms with E-state index in [2.05, 4.69) is 10.2 Å². The molecule has 0 N–H and O–H groups in total. The van der Waals surface area contributed by atoms with Gasteiger partial charge in [-0.25, -0.2) is 0 Å². The van der Waals surface area contributed by atoms with E-state index in [9.17, 15) is 0 Å². The second-order valence-corrected chi connectivity index (χ2v) is 3.26. The number of hydrogen-bond donors (Lipinski definition) is 0. The van der Waals surface area contributed by atoms with Gasteiger partial charge in [0.15, 0.2) is 11.5 Å². The summed E-state index contributed by atoms with van der Waals surface area (Å²) in [6, 6.07) is 11.0. The Balaban J connectivity index is 1.97. The first-order valence-electron chi connectivity index (χ1n) is 4.85. The highest BCUT2D eigenvalue weighted by atomic mass is 16.3. The molecule has 4 heteroatoms. The van der Waals surface area contributed by atoms with E-state index in [4.69, 9.17) is 8.83 Å². The molecule has 78 valence electrons. The summed E-state index contributed by atoms with van der Waals surface area (Å²) in [6.45, 7) is 0. The highest BCUT2D eigenvalue weighted by molar-refractivity contribution is 5.56. The van der Waals surface area contributed by atoms with Crippen LogP contribution >= 0.6 is 0 Å². The number of aromatic nitrogens is 2. The molecule has 0 atom stereocenters. The minimum absolute atomic E-state index is 0.707. The van der Waals surface area contributed by atoms with Crippen LogP contribution < -0.4 is 0 Å². The number of hydrogen-bond acceptors (Lipinski definition) is 4. The van der Waals surface area contributed by atoms with Crippen molar-refractivity contribution in [3.8, 4) is 22.9 Å². The SMILES string of the molecule is c1coc(-c2ccc(-c3ccco3)nn2)c1. The zero-order valence-corrected chi connectivity index (χ0v) is 8.33. The zero-order chi connectivity index (χ0) is 10.8. The van der Waals surface area contributed by atoms with Crippen molar-refractivity contribution < 1.29 is 8.83 Å². The monoisotopic (exact) mass is 212 g/mol. The summed E-state index contributed by atoms with van der Waals surface area (Å²) < 4.78 is 10.4. The number of furan rings is 2. The van der Waals surface area contributed by atoms with Crippen molar-refractivity contribution >= 4 is 0 Å². The molecule has 3 aromatic heterocycles. The van der Waals surface area contributed by atoms with Crippen molar-refractivity contribution in [2.75, 3.05) is 0 Å². The second kappa shape index (κ2) is 3.66. The first-order valence-corrected chi connectivity index (χ1v) is 4.85. The van der Waals surface area contributed by atoms with Crippen molar-refractivity contribution in [2.45, 2.75) is 0 Å². The molecule has 0 radical (unpaired) electrons. The van der Waals surface area contributed by atoms with Crippen LogP contribution in [0.3, 0.4) is 0 Å². The molecule has 0 spiro atoms. The smallest absolute Gasteiger partial charge is 0.154 e. The lowest BCUT2D eigenvalue weighted by Gasteiger charge is -1.96. The Bertz CT molecular complexity index is 500. The summed E-state index contributed by atoms with van der Waals surface area (Å²) in [6.07, 6.45) is 3.22. The third-order valence-electron chi connectivity index (χ3n) is 2.21. The van der Waals surface area contributed by atoms with Gasteiger partial charge in [0.2, 0.25) is 0 Å². The Morgan fingerprint density at radius 2 is 1.19 bits per heavy atom. The summed E-state index contributed by atoms with van der Waals surface area (Å²) in [4.78, 5) is 0. The second-order valence-electron chi connectivity index (χ2n) is 3.26. The summed E-state index contributed by atoms with van der Waals surface area (Å²) in [5.41, 5.74) is 1.42. The minimum Gasteiger partial charge on any atom is -0.463 e. The van der Waals surface area contributed by atoms with Crippen LogP contribution in [0.4, 0.5) is 0 Å². The molecule has 0 bridgehead atoms. The van der Waals surface area contributed by atoms with Crippen molar-refractivity contribution in [3.05, 3.63) is 48.9 Å². The lowest BCUT2D eigenvalue weighted by Crippen LogP contribution is -1.88. The normalized spacial score (nSPS) is 10.5. The van der Waals surface area contributed by atoms with E-state index in [-0.39, 0.29) is 0 Å². The lowest BCUT2D eigenvalue weighted by molar-refractivity contribution is 0.574. The fraction of sp³-hybridized carbons (Fsp3) is 0. The average Bonchev–Trinajstić information content (AvgIpc) is 3.03. The van der Waals surface area contributed by atoms with Crippen molar-refractivity contribution in [1.29, 1.82) is 0 Å². The molecule has 3 aromatic rings. The fourth-order valence-electron chi connectivity index (χ4n) is 1.44. The maximum atomic E-state index is 5.22. The molecule has 0 aliphatic heterocycles. The molecule has 0 aromatic carbocycles. The zero-order valence-electron chi connectivity index (χ0n) is 8.33. The Labute approximate surface area is 91.5 Å². The summed E-state index contributed by atoms with van der Waals surface area (Å²) in [5, 5.41) is 8.15. The van der Waals surface area contributed by atoms with Gasteiger partial charge in [0.05, 0.1) is 12.5 Å². The Morgan fingerprint density at radius 3 is 1.50 bits per heavy atom. The molecular weight excluding hydrogens is 204 g/mol. The molecule has 0 aliphatic rings. The van der Waals surface area contributed by atoms with Crippen LogP contribution in [0.5, 0.6) is 0 Å². The van der Waals surface area contributed by atoms with E-state index in [1.54, 1.807) is 12.5 Å². The van der Waals surface area contributed by atoms with Gasteiger partial charge in [-0.3, -0.25) is 0 Å². The van der Waals surface area contributed by atoms with Gasteiger partial charge < -0.3 is 8.83 Å². The number of rotatable bonds is 2. The molecule has 0 saturated heterocycles. The molecule has 0 unspecified atom stereocenters. The Hall–Kier alpha value is -2.36. The summed E-state index contributed by atoms with van der Waals surface area (Å²) in [5.74, 6) is 1.41. The Morgan fingerprint density at radius 1 is 0.688 bits per heavy atom. The summed E-state index contributed by atoms with van der Waals surface area (Å²) >= 11 is 0. The minimum atomic E-state index is 0.707. The third-order valence-corrected chi connectivity index (χ3v) is 2.21. The first-order chi connectivity index (χ1) is 7.93. The van der Waals surface area contributed by atoms with Crippen molar-refractivity contribution in [1.82, 2.24) is 10.2 Å². The van der Waals surface area contributed by atoms with Crippen molar-refractivity contribution in [3.63, 3.8) is 0 Å².